The summed E-state index contributed by atoms with van der Waals surface area (Å²) in [6.45, 7) is 0. The van der Waals surface area contributed by atoms with Crippen LogP contribution in [0.1, 0.15) is 37.3 Å². The number of imidazole rings is 1. The van der Waals surface area contributed by atoms with Crippen molar-refractivity contribution in [3.8, 4) is 11.1 Å². The zero-order valence-corrected chi connectivity index (χ0v) is 19.7. The fraction of sp³-hybridized carbons (Fsp3) is 0.318. The molecule has 1 aliphatic carbocycles. The molecular formula is C22H20ClF3N6O2S. The zero-order valence-electron chi connectivity index (χ0n) is 18.2. The van der Waals surface area contributed by atoms with Gasteiger partial charge in [-0.25, -0.2) is 18.1 Å². The van der Waals surface area contributed by atoms with Gasteiger partial charge in [-0.1, -0.05) is 11.6 Å². The van der Waals surface area contributed by atoms with Gasteiger partial charge in [-0.3, -0.25) is 0 Å². The summed E-state index contributed by atoms with van der Waals surface area (Å²) in [4.78, 5) is 3.72. The second kappa shape index (κ2) is 8.92. The summed E-state index contributed by atoms with van der Waals surface area (Å²) < 4.78 is 73.9. The lowest BCUT2D eigenvalue weighted by atomic mass is 9.91. The first-order valence-electron chi connectivity index (χ1n) is 10.8. The molecule has 13 heteroatoms. The van der Waals surface area contributed by atoms with Crippen LogP contribution >= 0.6 is 11.6 Å². The molecule has 1 aliphatic rings. The zero-order chi connectivity index (χ0) is 24.8. The number of sulfonamides is 1. The molecule has 8 nitrogen and oxygen atoms in total. The second-order valence-electron chi connectivity index (χ2n) is 8.52. The third-order valence-corrected chi connectivity index (χ3v) is 7.84. The van der Waals surface area contributed by atoms with Gasteiger partial charge in [0.15, 0.2) is 0 Å². The molecule has 0 bridgehead atoms. The molecule has 5 rings (SSSR count). The average molecular weight is 525 g/mol. The Balaban J connectivity index is 1.53. The molecule has 0 radical (unpaired) electrons. The van der Waals surface area contributed by atoms with Crippen LogP contribution in [0.15, 0.2) is 60.4 Å². The molecule has 1 N–H and O–H groups in total. The molecule has 0 aliphatic heterocycles. The van der Waals surface area contributed by atoms with Crippen molar-refractivity contribution < 1.29 is 21.6 Å². The number of aromatic nitrogens is 5. The first-order chi connectivity index (χ1) is 16.6. The minimum Gasteiger partial charge on any atom is -0.317 e. The van der Waals surface area contributed by atoms with Crippen molar-refractivity contribution >= 4 is 27.3 Å². The van der Waals surface area contributed by atoms with Crippen LogP contribution in [0.25, 0.3) is 16.8 Å². The summed E-state index contributed by atoms with van der Waals surface area (Å²) in [6.07, 6.45) is 5.68. The van der Waals surface area contributed by atoms with E-state index in [2.05, 4.69) is 19.9 Å². The third-order valence-electron chi connectivity index (χ3n) is 6.14. The van der Waals surface area contributed by atoms with E-state index in [4.69, 9.17) is 11.6 Å². The molecule has 4 aromatic rings. The van der Waals surface area contributed by atoms with E-state index < -0.39 is 32.7 Å². The average Bonchev–Trinajstić information content (AvgIpc) is 3.50. The van der Waals surface area contributed by atoms with Gasteiger partial charge < -0.3 is 8.97 Å². The summed E-state index contributed by atoms with van der Waals surface area (Å²) in [5, 5.41) is 7.85. The van der Waals surface area contributed by atoms with E-state index in [0.29, 0.717) is 24.6 Å². The highest BCUT2D eigenvalue weighted by Crippen LogP contribution is 2.37. The molecule has 35 heavy (non-hydrogen) atoms. The minimum absolute atomic E-state index is 0.00343. The van der Waals surface area contributed by atoms with Crippen molar-refractivity contribution in [2.24, 2.45) is 0 Å². The Kier molecular flexibility index (Phi) is 6.06. The van der Waals surface area contributed by atoms with Crippen LogP contribution in [0.4, 0.5) is 13.2 Å². The van der Waals surface area contributed by atoms with Crippen LogP contribution in [0.3, 0.4) is 0 Å². The lowest BCUT2D eigenvalue weighted by molar-refractivity contribution is -0.137. The standard InChI is InChI=1S/C22H20ClF3N6O2S/c23-16-9-20(21-27-4-5-31(21)11-16)14-6-15(22(24,25)26)8-19(7-14)35(33,34)30-17-2-1-3-18(10-17)32-12-28-29-13-32/h4-9,11-13,17-18,30H,1-3,10H2. The number of benzene rings is 1. The maximum atomic E-state index is 13.8. The monoisotopic (exact) mass is 524 g/mol. The number of rotatable bonds is 5. The number of hydrogen-bond acceptors (Lipinski definition) is 5. The van der Waals surface area contributed by atoms with Crippen molar-refractivity contribution in [2.45, 2.75) is 48.8 Å². The Morgan fingerprint density at radius 2 is 1.86 bits per heavy atom. The van der Waals surface area contributed by atoms with E-state index in [9.17, 15) is 21.6 Å². The van der Waals surface area contributed by atoms with Gasteiger partial charge >= 0.3 is 6.18 Å². The van der Waals surface area contributed by atoms with Gasteiger partial charge in [0.2, 0.25) is 10.0 Å². The molecule has 0 amide bonds. The lowest BCUT2D eigenvalue weighted by Gasteiger charge is -2.30. The molecule has 3 aromatic heterocycles. The Morgan fingerprint density at radius 1 is 1.09 bits per heavy atom. The highest BCUT2D eigenvalue weighted by atomic mass is 35.5. The predicted molar refractivity (Wildman–Crippen MR) is 122 cm³/mol. The SMILES string of the molecule is O=S(=O)(NC1CCCC(n2cnnc2)C1)c1cc(-c2cc(Cl)cn3ccnc23)cc(C(F)(F)F)c1. The minimum atomic E-state index is -4.76. The summed E-state index contributed by atoms with van der Waals surface area (Å²) in [7, 11) is -4.27. The maximum absolute atomic E-state index is 13.8. The quantitative estimate of drug-likeness (QED) is 0.407. The summed E-state index contributed by atoms with van der Waals surface area (Å²) in [5.41, 5.74) is -0.388. The van der Waals surface area contributed by atoms with Crippen LogP contribution in [0.2, 0.25) is 5.02 Å². The number of hydrogen-bond donors (Lipinski definition) is 1. The lowest BCUT2D eigenvalue weighted by Crippen LogP contribution is -2.38. The molecule has 3 heterocycles. The second-order valence-corrected chi connectivity index (χ2v) is 10.7. The van der Waals surface area contributed by atoms with Crippen molar-refractivity contribution in [1.29, 1.82) is 0 Å². The molecular weight excluding hydrogens is 505 g/mol. The van der Waals surface area contributed by atoms with E-state index >= 15 is 0 Å². The van der Waals surface area contributed by atoms with E-state index in [0.717, 1.165) is 18.9 Å². The van der Waals surface area contributed by atoms with Gasteiger partial charge in [0, 0.05) is 36.2 Å². The van der Waals surface area contributed by atoms with Gasteiger partial charge in [-0.15, -0.1) is 10.2 Å². The normalized spacial score (nSPS) is 19.3. The number of alkyl halides is 3. The molecule has 2 atom stereocenters. The van der Waals surface area contributed by atoms with Gasteiger partial charge in [-0.05, 0) is 55.5 Å². The summed E-state index contributed by atoms with van der Waals surface area (Å²) in [6, 6.07) is 3.81. The largest absolute Gasteiger partial charge is 0.416 e. The molecule has 1 saturated carbocycles. The highest BCUT2D eigenvalue weighted by molar-refractivity contribution is 7.89. The summed E-state index contributed by atoms with van der Waals surface area (Å²) >= 11 is 6.16. The fourth-order valence-electron chi connectivity index (χ4n) is 4.51. The Labute approximate surface area is 203 Å². The van der Waals surface area contributed by atoms with Gasteiger partial charge in [0.1, 0.15) is 18.3 Å². The van der Waals surface area contributed by atoms with Crippen molar-refractivity contribution in [3.63, 3.8) is 0 Å². The first-order valence-corrected chi connectivity index (χ1v) is 12.7. The number of halogens is 4. The topological polar surface area (TPSA) is 94.2 Å². The number of pyridine rings is 1. The fourth-order valence-corrected chi connectivity index (χ4v) is 6.08. The molecule has 0 saturated heterocycles. The van der Waals surface area contributed by atoms with Gasteiger partial charge in [0.25, 0.3) is 0 Å². The number of fused-ring (bicyclic) bond motifs is 1. The predicted octanol–water partition coefficient (Wildman–Crippen LogP) is 4.73. The van der Waals surface area contributed by atoms with Crippen molar-refractivity contribution in [1.82, 2.24) is 28.9 Å². The van der Waals surface area contributed by atoms with E-state index in [1.165, 1.54) is 18.3 Å². The first kappa shape index (κ1) is 23.8. The summed E-state index contributed by atoms with van der Waals surface area (Å²) in [5.74, 6) is 0. The Hall–Kier alpha value is -2.96. The van der Waals surface area contributed by atoms with Gasteiger partial charge in [0.05, 0.1) is 15.5 Å². The van der Waals surface area contributed by atoms with E-state index in [1.807, 2.05) is 4.57 Å². The van der Waals surface area contributed by atoms with Gasteiger partial charge in [-0.2, -0.15) is 13.2 Å². The highest BCUT2D eigenvalue weighted by Gasteiger charge is 2.34. The molecule has 1 aromatic carbocycles. The van der Waals surface area contributed by atoms with Crippen molar-refractivity contribution in [2.75, 3.05) is 0 Å². The van der Waals surface area contributed by atoms with Crippen molar-refractivity contribution in [3.05, 3.63) is 66.1 Å². The Morgan fingerprint density at radius 3 is 2.60 bits per heavy atom. The van der Waals surface area contributed by atoms with E-state index in [1.54, 1.807) is 29.4 Å². The van der Waals surface area contributed by atoms with Crippen LogP contribution in [-0.2, 0) is 16.2 Å². The smallest absolute Gasteiger partial charge is 0.317 e. The number of nitrogens with zero attached hydrogens (tertiary/aromatic N) is 5. The molecule has 0 spiro atoms. The third kappa shape index (κ3) is 4.91. The Bertz CT molecular complexity index is 1470. The maximum Gasteiger partial charge on any atom is 0.416 e. The van der Waals surface area contributed by atoms with Crippen LogP contribution in [0, 0.1) is 0 Å². The van der Waals surface area contributed by atoms with Crippen LogP contribution < -0.4 is 4.72 Å². The van der Waals surface area contributed by atoms with Crippen LogP contribution in [0.5, 0.6) is 0 Å². The molecule has 2 unspecified atom stereocenters. The molecule has 184 valence electrons. The number of nitrogens with one attached hydrogen (secondary N) is 1. The van der Waals surface area contributed by atoms with E-state index in [-0.39, 0.29) is 22.2 Å². The van der Waals surface area contributed by atoms with Crippen LogP contribution in [-0.4, -0.2) is 38.6 Å². The molecule has 1 fully saturated rings.